The number of fused-ring (bicyclic) bond motifs is 1. The Morgan fingerprint density at radius 2 is 1.67 bits per heavy atom. The average molecular weight is 396 g/mol. The molecule has 1 aliphatic heterocycles. The molecule has 0 amide bonds. The van der Waals surface area contributed by atoms with Gasteiger partial charge in [-0.3, -0.25) is 0 Å². The first-order valence-electron chi connectivity index (χ1n) is 8.59. The van der Waals surface area contributed by atoms with Crippen LogP contribution in [-0.2, 0) is 22.4 Å². The number of nitrogens with zero attached hydrogens (tertiary/aromatic N) is 1. The van der Waals surface area contributed by atoms with Gasteiger partial charge in [0.15, 0.2) is 0 Å². The van der Waals surface area contributed by atoms with Gasteiger partial charge < -0.3 is 19.8 Å². The molecule has 27 heavy (non-hydrogen) atoms. The normalized spacial score (nSPS) is 13.8. The SMILES string of the molecule is CC(C)=CCOc1ccc(Cl)c2c1CCN(C)CC2.O=C(O)C=CC(=O)O. The molecule has 2 N–H and O–H groups in total. The van der Waals surface area contributed by atoms with Crippen LogP contribution in [0.3, 0.4) is 0 Å². The molecule has 1 heterocycles. The molecule has 0 bridgehead atoms. The number of ether oxygens (including phenoxy) is 1. The van der Waals surface area contributed by atoms with Crippen LogP contribution in [0.1, 0.15) is 25.0 Å². The summed E-state index contributed by atoms with van der Waals surface area (Å²) in [6.07, 6.45) is 5.23. The molecule has 7 heteroatoms. The largest absolute Gasteiger partial charge is 0.489 e. The van der Waals surface area contributed by atoms with Crippen LogP contribution in [0.25, 0.3) is 0 Å². The fourth-order valence-corrected chi connectivity index (χ4v) is 2.75. The second-order valence-electron chi connectivity index (χ2n) is 6.41. The van der Waals surface area contributed by atoms with Crippen molar-refractivity contribution in [3.05, 3.63) is 52.1 Å². The number of carboxylic acid groups (broad SMARTS) is 2. The van der Waals surface area contributed by atoms with Crippen molar-refractivity contribution in [2.75, 3.05) is 26.7 Å². The molecule has 0 saturated heterocycles. The number of carboxylic acids is 2. The molecule has 0 atom stereocenters. The highest BCUT2D eigenvalue weighted by Crippen LogP contribution is 2.31. The second-order valence-corrected chi connectivity index (χ2v) is 6.82. The summed E-state index contributed by atoms with van der Waals surface area (Å²) < 4.78 is 5.91. The number of benzene rings is 1. The molecule has 1 aromatic rings. The maximum absolute atomic E-state index is 9.55. The Balaban J connectivity index is 0.000000387. The van der Waals surface area contributed by atoms with Crippen molar-refractivity contribution in [3.8, 4) is 5.75 Å². The van der Waals surface area contributed by atoms with E-state index in [2.05, 4.69) is 31.9 Å². The average Bonchev–Trinajstić information content (AvgIpc) is 2.78. The predicted molar refractivity (Wildman–Crippen MR) is 106 cm³/mol. The summed E-state index contributed by atoms with van der Waals surface area (Å²) in [5.41, 5.74) is 3.83. The van der Waals surface area contributed by atoms with Crippen molar-refractivity contribution < 1.29 is 24.5 Å². The van der Waals surface area contributed by atoms with Crippen LogP contribution in [0, 0.1) is 0 Å². The molecular formula is C20H26ClNO5. The Kier molecular flexibility index (Phi) is 9.61. The van der Waals surface area contributed by atoms with Crippen LogP contribution in [0.2, 0.25) is 5.02 Å². The lowest BCUT2D eigenvalue weighted by atomic mass is 10.0. The van der Waals surface area contributed by atoms with Crippen molar-refractivity contribution in [3.63, 3.8) is 0 Å². The molecule has 0 fully saturated rings. The van der Waals surface area contributed by atoms with Gasteiger partial charge in [0.1, 0.15) is 12.4 Å². The Hall–Kier alpha value is -2.31. The number of likely N-dealkylation sites (N-methyl/N-ethyl adjacent to an activating group) is 1. The number of hydrogen-bond acceptors (Lipinski definition) is 4. The first-order valence-corrected chi connectivity index (χ1v) is 8.97. The van der Waals surface area contributed by atoms with Gasteiger partial charge in [0.2, 0.25) is 0 Å². The molecule has 1 aliphatic rings. The van der Waals surface area contributed by atoms with Crippen LogP contribution in [0.15, 0.2) is 35.9 Å². The van der Waals surface area contributed by atoms with Gasteiger partial charge in [0.25, 0.3) is 0 Å². The van der Waals surface area contributed by atoms with Crippen LogP contribution >= 0.6 is 11.6 Å². The maximum Gasteiger partial charge on any atom is 0.328 e. The summed E-state index contributed by atoms with van der Waals surface area (Å²) in [7, 11) is 2.16. The van der Waals surface area contributed by atoms with Gasteiger partial charge in [0, 0.05) is 35.8 Å². The highest BCUT2D eigenvalue weighted by atomic mass is 35.5. The fourth-order valence-electron chi connectivity index (χ4n) is 2.48. The van der Waals surface area contributed by atoms with Crippen LogP contribution < -0.4 is 4.74 Å². The highest BCUT2D eigenvalue weighted by Gasteiger charge is 2.17. The van der Waals surface area contributed by atoms with Gasteiger partial charge in [-0.05, 0) is 57.5 Å². The van der Waals surface area contributed by atoms with E-state index >= 15 is 0 Å². The molecule has 0 spiro atoms. The minimum absolute atomic E-state index is 0.558. The smallest absolute Gasteiger partial charge is 0.328 e. The third-order valence-electron chi connectivity index (χ3n) is 3.92. The number of halogens is 1. The van der Waals surface area contributed by atoms with Gasteiger partial charge in [-0.15, -0.1) is 0 Å². The lowest BCUT2D eigenvalue weighted by molar-refractivity contribution is -0.134. The Morgan fingerprint density at radius 3 is 2.19 bits per heavy atom. The molecule has 6 nitrogen and oxygen atoms in total. The number of hydrogen-bond donors (Lipinski definition) is 2. The van der Waals surface area contributed by atoms with Crippen molar-refractivity contribution in [2.45, 2.75) is 26.7 Å². The van der Waals surface area contributed by atoms with E-state index in [0.717, 1.165) is 36.7 Å². The van der Waals surface area contributed by atoms with Gasteiger partial charge in [-0.25, -0.2) is 9.59 Å². The van der Waals surface area contributed by atoms with Gasteiger partial charge in [-0.2, -0.15) is 0 Å². The van der Waals surface area contributed by atoms with Gasteiger partial charge in [0.05, 0.1) is 0 Å². The van der Waals surface area contributed by atoms with Crippen molar-refractivity contribution in [2.24, 2.45) is 0 Å². The summed E-state index contributed by atoms with van der Waals surface area (Å²) in [5, 5.41) is 16.5. The molecule has 2 rings (SSSR count). The molecule has 0 unspecified atom stereocenters. The molecule has 0 aliphatic carbocycles. The molecule has 0 radical (unpaired) electrons. The third-order valence-corrected chi connectivity index (χ3v) is 4.27. The third kappa shape index (κ3) is 8.75. The summed E-state index contributed by atoms with van der Waals surface area (Å²) in [6, 6.07) is 3.97. The Morgan fingerprint density at radius 1 is 1.11 bits per heavy atom. The monoisotopic (exact) mass is 395 g/mol. The minimum Gasteiger partial charge on any atom is -0.489 e. The lowest BCUT2D eigenvalue weighted by Gasteiger charge is -2.14. The van der Waals surface area contributed by atoms with E-state index in [9.17, 15) is 9.59 Å². The van der Waals surface area contributed by atoms with Crippen LogP contribution in [-0.4, -0.2) is 53.8 Å². The van der Waals surface area contributed by atoms with Crippen LogP contribution in [0.5, 0.6) is 5.75 Å². The van der Waals surface area contributed by atoms with Crippen molar-refractivity contribution in [1.82, 2.24) is 4.90 Å². The zero-order valence-electron chi connectivity index (χ0n) is 15.9. The zero-order chi connectivity index (χ0) is 20.4. The van der Waals surface area contributed by atoms with E-state index in [1.54, 1.807) is 0 Å². The van der Waals surface area contributed by atoms with E-state index in [4.69, 9.17) is 26.6 Å². The first-order chi connectivity index (χ1) is 12.7. The van der Waals surface area contributed by atoms with Gasteiger partial charge >= 0.3 is 11.9 Å². The van der Waals surface area contributed by atoms with E-state index in [-0.39, 0.29) is 0 Å². The number of carbonyl (C=O) groups is 2. The molecule has 1 aromatic carbocycles. The summed E-state index contributed by atoms with van der Waals surface area (Å²) in [6.45, 7) is 6.92. The topological polar surface area (TPSA) is 87.1 Å². The summed E-state index contributed by atoms with van der Waals surface area (Å²) >= 11 is 6.33. The summed E-state index contributed by atoms with van der Waals surface area (Å²) in [4.78, 5) is 21.5. The standard InChI is InChI=1S/C16H22ClNO.C4H4O4/c1-12(2)8-11-19-16-5-4-15(17)13-6-9-18(3)10-7-14(13)16;5-3(6)1-2-4(7)8/h4-5,8H,6-7,9-11H2,1-3H3;1-2H,(H,5,6)(H,7,8). The van der Waals surface area contributed by atoms with Crippen molar-refractivity contribution >= 4 is 23.5 Å². The number of rotatable bonds is 5. The van der Waals surface area contributed by atoms with E-state index in [1.807, 2.05) is 12.1 Å². The number of allylic oxidation sites excluding steroid dienone is 1. The summed E-state index contributed by atoms with van der Waals surface area (Å²) in [5.74, 6) is -1.52. The molecule has 0 aromatic heterocycles. The second kappa shape index (κ2) is 11.4. The van der Waals surface area contributed by atoms with Gasteiger partial charge in [-0.1, -0.05) is 17.2 Å². The fraction of sp³-hybridized carbons (Fsp3) is 0.400. The van der Waals surface area contributed by atoms with E-state index in [0.29, 0.717) is 18.8 Å². The Labute approximate surface area is 164 Å². The highest BCUT2D eigenvalue weighted by molar-refractivity contribution is 6.31. The van der Waals surface area contributed by atoms with Crippen LogP contribution in [0.4, 0.5) is 0 Å². The van der Waals surface area contributed by atoms with E-state index in [1.165, 1.54) is 16.7 Å². The quantitative estimate of drug-likeness (QED) is 0.586. The van der Waals surface area contributed by atoms with Crippen molar-refractivity contribution in [1.29, 1.82) is 0 Å². The molecule has 148 valence electrons. The molecular weight excluding hydrogens is 370 g/mol. The number of aliphatic carboxylic acids is 2. The Bertz CT molecular complexity index is 707. The lowest BCUT2D eigenvalue weighted by Crippen LogP contribution is -2.20. The first kappa shape index (κ1) is 22.7. The maximum atomic E-state index is 9.55. The minimum atomic E-state index is -1.26. The predicted octanol–water partition coefficient (Wildman–Crippen LogP) is 3.43. The molecule has 0 saturated carbocycles. The zero-order valence-corrected chi connectivity index (χ0v) is 16.6. The van der Waals surface area contributed by atoms with E-state index < -0.39 is 11.9 Å².